The Balaban J connectivity index is 1.03. The maximum atomic E-state index is 2.56. The summed E-state index contributed by atoms with van der Waals surface area (Å²) in [5, 5.41) is 5.00. The fraction of sp³-hybridized carbons (Fsp3) is 0.0164. The van der Waals surface area contributed by atoms with Crippen molar-refractivity contribution in [3.05, 3.63) is 259 Å². The second-order valence-corrected chi connectivity index (χ2v) is 17.2. The van der Waals surface area contributed by atoms with Crippen LogP contribution in [0.5, 0.6) is 0 Å². The molecular formula is C61H39N3. The zero-order valence-corrected chi connectivity index (χ0v) is 34.9. The molecule has 2 aliphatic rings. The summed E-state index contributed by atoms with van der Waals surface area (Å²) in [4.78, 5) is 2.44. The van der Waals surface area contributed by atoms with Gasteiger partial charge in [-0.2, -0.15) is 0 Å². The van der Waals surface area contributed by atoms with Crippen molar-refractivity contribution in [2.75, 3.05) is 4.90 Å². The number of hydrogen-bond donors (Lipinski definition) is 0. The molecule has 0 amide bonds. The van der Waals surface area contributed by atoms with E-state index in [1.54, 1.807) is 0 Å². The molecule has 1 aliphatic heterocycles. The van der Waals surface area contributed by atoms with Crippen LogP contribution in [0.25, 0.3) is 77.2 Å². The van der Waals surface area contributed by atoms with Crippen LogP contribution in [0.1, 0.15) is 22.3 Å². The van der Waals surface area contributed by atoms with Crippen LogP contribution in [0, 0.1) is 0 Å². The Morgan fingerprint density at radius 2 is 0.891 bits per heavy atom. The van der Waals surface area contributed by atoms with Crippen molar-refractivity contribution in [3.8, 4) is 33.6 Å². The van der Waals surface area contributed by atoms with Gasteiger partial charge in [-0.1, -0.05) is 170 Å². The van der Waals surface area contributed by atoms with Gasteiger partial charge in [0.25, 0.3) is 0 Å². The zero-order chi connectivity index (χ0) is 41.9. The molecule has 0 saturated heterocycles. The van der Waals surface area contributed by atoms with Crippen molar-refractivity contribution >= 4 is 60.7 Å². The van der Waals surface area contributed by atoms with Gasteiger partial charge >= 0.3 is 0 Å². The average Bonchev–Trinajstić information content (AvgIpc) is 3.99. The molecule has 3 heteroatoms. The second-order valence-electron chi connectivity index (χ2n) is 17.2. The topological polar surface area (TPSA) is 13.1 Å². The van der Waals surface area contributed by atoms with E-state index in [9.17, 15) is 0 Å². The van der Waals surface area contributed by atoms with Crippen LogP contribution in [0.15, 0.2) is 237 Å². The van der Waals surface area contributed by atoms with Gasteiger partial charge in [-0.25, -0.2) is 0 Å². The number of fused-ring (bicyclic) bond motifs is 15. The number of benzene rings is 10. The first kappa shape index (κ1) is 35.2. The van der Waals surface area contributed by atoms with Crippen molar-refractivity contribution in [3.63, 3.8) is 0 Å². The highest BCUT2D eigenvalue weighted by Crippen LogP contribution is 2.61. The summed E-state index contributed by atoms with van der Waals surface area (Å²) in [6, 6.07) is 87.5. The van der Waals surface area contributed by atoms with Gasteiger partial charge in [0.15, 0.2) is 0 Å². The predicted molar refractivity (Wildman–Crippen MR) is 266 cm³/mol. The standard InChI is InChI=1S/C61H39N3/c1-3-18-41(19-4-1)62(43-35-37-58-50(39-43)48-26-11-15-32-56(48)63(58)42-20-5-2-6-21-42)55-31-14-9-22-44(55)40-34-36-53-59(38-40)64-57-33-16-10-25-47(57)49-27-17-30-54(60(49)64)61(53)51-28-12-7-23-45(51)46-24-8-13-29-52(46)61/h1-39H. The minimum atomic E-state index is -0.491. The van der Waals surface area contributed by atoms with Gasteiger partial charge < -0.3 is 14.0 Å². The molecule has 0 bridgehead atoms. The SMILES string of the molecule is c1ccc(N(c2ccc3c(c2)c2ccccc2n3-c2ccccc2)c2ccccc2-c2ccc3c(c2)-n2c4ccccc4c4cccc(c42)C32c3ccccc3-c3ccccc32)cc1. The number of hydrogen-bond acceptors (Lipinski definition) is 1. The maximum absolute atomic E-state index is 2.56. The van der Waals surface area contributed by atoms with E-state index in [4.69, 9.17) is 0 Å². The predicted octanol–water partition coefficient (Wildman–Crippen LogP) is 15.7. The summed E-state index contributed by atoms with van der Waals surface area (Å²) in [6.45, 7) is 0. The first-order valence-corrected chi connectivity index (χ1v) is 22.2. The Kier molecular flexibility index (Phi) is 7.32. The van der Waals surface area contributed by atoms with E-state index in [1.165, 1.54) is 82.7 Å². The Labute approximate surface area is 371 Å². The van der Waals surface area contributed by atoms with Crippen molar-refractivity contribution in [2.24, 2.45) is 0 Å². The first-order valence-electron chi connectivity index (χ1n) is 22.2. The van der Waals surface area contributed by atoms with E-state index < -0.39 is 5.41 Å². The summed E-state index contributed by atoms with van der Waals surface area (Å²) in [7, 11) is 0. The van der Waals surface area contributed by atoms with Crippen LogP contribution < -0.4 is 4.90 Å². The van der Waals surface area contributed by atoms with Crippen molar-refractivity contribution < 1.29 is 0 Å². The Morgan fingerprint density at radius 1 is 0.328 bits per heavy atom. The van der Waals surface area contributed by atoms with Crippen molar-refractivity contribution in [1.29, 1.82) is 0 Å². The van der Waals surface area contributed by atoms with Gasteiger partial charge in [-0.05, 0) is 106 Å². The molecule has 1 aliphatic carbocycles. The highest BCUT2D eigenvalue weighted by atomic mass is 15.1. The Hall–Kier alpha value is -8.40. The van der Waals surface area contributed by atoms with E-state index in [0.29, 0.717) is 0 Å². The molecule has 2 aromatic heterocycles. The third-order valence-corrected chi connectivity index (χ3v) is 14.1. The van der Waals surface area contributed by atoms with Gasteiger partial charge in [-0.15, -0.1) is 0 Å². The minimum Gasteiger partial charge on any atom is -0.310 e. The van der Waals surface area contributed by atoms with Crippen LogP contribution in [0.4, 0.5) is 17.1 Å². The molecule has 0 saturated carbocycles. The van der Waals surface area contributed by atoms with Crippen molar-refractivity contribution in [1.82, 2.24) is 9.13 Å². The summed E-state index contributed by atoms with van der Waals surface area (Å²) in [5.74, 6) is 0. The quantitative estimate of drug-likeness (QED) is 0.169. The maximum Gasteiger partial charge on any atom is 0.0754 e. The lowest BCUT2D eigenvalue weighted by Gasteiger charge is -2.40. The summed E-state index contributed by atoms with van der Waals surface area (Å²) in [5.41, 5.74) is 20.3. The van der Waals surface area contributed by atoms with E-state index >= 15 is 0 Å². The normalized spacial score (nSPS) is 13.1. The summed E-state index contributed by atoms with van der Waals surface area (Å²) < 4.78 is 4.94. The van der Waals surface area contributed by atoms with Crippen LogP contribution in [-0.2, 0) is 5.41 Å². The Bertz CT molecular complexity index is 3810. The van der Waals surface area contributed by atoms with Crippen molar-refractivity contribution in [2.45, 2.75) is 5.41 Å². The lowest BCUT2D eigenvalue weighted by molar-refractivity contribution is 0.748. The molecule has 1 spiro atoms. The van der Waals surface area contributed by atoms with Gasteiger partial charge in [0.1, 0.15) is 0 Å². The minimum absolute atomic E-state index is 0.491. The lowest BCUT2D eigenvalue weighted by Crippen LogP contribution is -2.33. The largest absolute Gasteiger partial charge is 0.310 e. The Morgan fingerprint density at radius 3 is 1.64 bits per heavy atom. The molecule has 64 heavy (non-hydrogen) atoms. The number of rotatable bonds is 5. The lowest BCUT2D eigenvalue weighted by atomic mass is 9.65. The van der Waals surface area contributed by atoms with Gasteiger partial charge in [0, 0.05) is 44.2 Å². The smallest absolute Gasteiger partial charge is 0.0754 e. The summed E-state index contributed by atoms with van der Waals surface area (Å²) >= 11 is 0. The fourth-order valence-electron chi connectivity index (χ4n) is 11.6. The molecule has 0 atom stereocenters. The third-order valence-electron chi connectivity index (χ3n) is 14.1. The van der Waals surface area contributed by atoms with Gasteiger partial charge in [0.05, 0.1) is 38.9 Å². The number of aromatic nitrogens is 2. The van der Waals surface area contributed by atoms with Crippen LogP contribution in [0.2, 0.25) is 0 Å². The molecule has 14 rings (SSSR count). The molecule has 3 heterocycles. The number of para-hydroxylation sites is 6. The van der Waals surface area contributed by atoms with Crippen LogP contribution in [0.3, 0.4) is 0 Å². The number of anilines is 3. The highest BCUT2D eigenvalue weighted by molar-refractivity contribution is 6.14. The molecule has 3 nitrogen and oxygen atoms in total. The fourth-order valence-corrected chi connectivity index (χ4v) is 11.6. The van der Waals surface area contributed by atoms with Crippen LogP contribution >= 0.6 is 0 Å². The van der Waals surface area contributed by atoms with E-state index in [1.807, 2.05) is 0 Å². The first-order chi connectivity index (χ1) is 31.8. The molecule has 10 aromatic carbocycles. The van der Waals surface area contributed by atoms with Gasteiger partial charge in [0.2, 0.25) is 0 Å². The van der Waals surface area contributed by atoms with E-state index in [2.05, 4.69) is 251 Å². The average molecular weight is 814 g/mol. The summed E-state index contributed by atoms with van der Waals surface area (Å²) in [6.07, 6.45) is 0. The molecule has 0 N–H and O–H groups in total. The molecule has 0 fully saturated rings. The molecule has 0 unspecified atom stereocenters. The molecule has 0 radical (unpaired) electrons. The number of nitrogens with zero attached hydrogens (tertiary/aromatic N) is 3. The highest BCUT2D eigenvalue weighted by Gasteiger charge is 2.50. The molecular weight excluding hydrogens is 775 g/mol. The van der Waals surface area contributed by atoms with E-state index in [0.717, 1.165) is 33.9 Å². The monoisotopic (exact) mass is 813 g/mol. The zero-order valence-electron chi connectivity index (χ0n) is 34.9. The van der Waals surface area contributed by atoms with Gasteiger partial charge in [-0.3, -0.25) is 0 Å². The molecule has 298 valence electrons. The van der Waals surface area contributed by atoms with E-state index in [-0.39, 0.29) is 0 Å². The van der Waals surface area contributed by atoms with Crippen LogP contribution in [-0.4, -0.2) is 9.13 Å². The second kappa shape index (κ2) is 13.3. The molecule has 12 aromatic rings. The third kappa shape index (κ3) is 4.65.